The molecular formula is C12H18BrFN2. The summed E-state index contributed by atoms with van der Waals surface area (Å²) < 4.78 is 14.4. The van der Waals surface area contributed by atoms with Crippen molar-refractivity contribution in [3.63, 3.8) is 0 Å². The molecule has 0 heterocycles. The lowest BCUT2D eigenvalue weighted by Gasteiger charge is -2.23. The summed E-state index contributed by atoms with van der Waals surface area (Å²) in [5.74, 6) is -0.142. The van der Waals surface area contributed by atoms with Crippen LogP contribution in [-0.2, 0) is 6.42 Å². The minimum Gasteiger partial charge on any atom is -0.329 e. The second kappa shape index (κ2) is 6.33. The van der Waals surface area contributed by atoms with Crippen LogP contribution in [0.1, 0.15) is 12.5 Å². The standard InChI is InChI=1S/C12H18BrFN2/c1-9(8-15)16(2)6-5-10-7-11(13)3-4-12(10)14/h3-4,7,9H,5-6,8,15H2,1-2H3. The van der Waals surface area contributed by atoms with Crippen LogP contribution >= 0.6 is 15.9 Å². The second-order valence-electron chi connectivity index (χ2n) is 4.05. The predicted octanol–water partition coefficient (Wildman–Crippen LogP) is 2.41. The number of benzene rings is 1. The molecule has 0 aliphatic carbocycles. The number of nitrogens with two attached hydrogens (primary N) is 1. The van der Waals surface area contributed by atoms with Crippen molar-refractivity contribution in [1.29, 1.82) is 0 Å². The van der Waals surface area contributed by atoms with Gasteiger partial charge in [0.05, 0.1) is 0 Å². The van der Waals surface area contributed by atoms with Gasteiger partial charge in [0.15, 0.2) is 0 Å². The van der Waals surface area contributed by atoms with E-state index in [9.17, 15) is 4.39 Å². The highest BCUT2D eigenvalue weighted by atomic mass is 79.9. The molecule has 0 saturated carbocycles. The first-order valence-corrected chi connectivity index (χ1v) is 6.18. The summed E-state index contributed by atoms with van der Waals surface area (Å²) in [4.78, 5) is 2.14. The first-order chi connectivity index (χ1) is 7.54. The largest absolute Gasteiger partial charge is 0.329 e. The van der Waals surface area contributed by atoms with Gasteiger partial charge in [0.1, 0.15) is 5.82 Å². The third-order valence-corrected chi connectivity index (χ3v) is 3.33. The topological polar surface area (TPSA) is 29.3 Å². The fraction of sp³-hybridized carbons (Fsp3) is 0.500. The van der Waals surface area contributed by atoms with Gasteiger partial charge in [0.2, 0.25) is 0 Å². The van der Waals surface area contributed by atoms with E-state index >= 15 is 0 Å². The monoisotopic (exact) mass is 288 g/mol. The Balaban J connectivity index is 2.57. The minimum atomic E-state index is -0.142. The number of likely N-dealkylation sites (N-methyl/N-ethyl adjacent to an activating group) is 1. The molecule has 2 N–H and O–H groups in total. The predicted molar refractivity (Wildman–Crippen MR) is 69.0 cm³/mol. The molecule has 2 nitrogen and oxygen atoms in total. The van der Waals surface area contributed by atoms with Gasteiger partial charge >= 0.3 is 0 Å². The molecule has 4 heteroatoms. The molecular weight excluding hydrogens is 271 g/mol. The number of hydrogen-bond donors (Lipinski definition) is 1. The van der Waals surface area contributed by atoms with E-state index in [1.54, 1.807) is 6.07 Å². The molecule has 0 aliphatic heterocycles. The molecule has 1 aromatic rings. The maximum Gasteiger partial charge on any atom is 0.126 e. The molecule has 16 heavy (non-hydrogen) atoms. The second-order valence-corrected chi connectivity index (χ2v) is 4.97. The maximum absolute atomic E-state index is 13.4. The highest BCUT2D eigenvalue weighted by molar-refractivity contribution is 9.10. The summed E-state index contributed by atoms with van der Waals surface area (Å²) in [6, 6.07) is 5.36. The van der Waals surface area contributed by atoms with Crippen LogP contribution in [0, 0.1) is 5.82 Å². The van der Waals surface area contributed by atoms with Gasteiger partial charge in [-0.3, -0.25) is 0 Å². The molecule has 0 bridgehead atoms. The van der Waals surface area contributed by atoms with Crippen LogP contribution in [0.15, 0.2) is 22.7 Å². The molecule has 0 aliphatic rings. The van der Waals surface area contributed by atoms with Gasteiger partial charge in [-0.25, -0.2) is 4.39 Å². The lowest BCUT2D eigenvalue weighted by molar-refractivity contribution is 0.265. The fourth-order valence-electron chi connectivity index (χ4n) is 1.43. The number of hydrogen-bond acceptors (Lipinski definition) is 2. The van der Waals surface area contributed by atoms with Crippen LogP contribution in [0.4, 0.5) is 4.39 Å². The third-order valence-electron chi connectivity index (χ3n) is 2.84. The van der Waals surface area contributed by atoms with Crippen LogP contribution in [0.25, 0.3) is 0 Å². The molecule has 1 aromatic carbocycles. The molecule has 90 valence electrons. The van der Waals surface area contributed by atoms with Crippen molar-refractivity contribution in [3.8, 4) is 0 Å². The van der Waals surface area contributed by atoms with Crippen LogP contribution in [0.5, 0.6) is 0 Å². The third kappa shape index (κ3) is 3.85. The Morgan fingerprint density at radius 3 is 2.81 bits per heavy atom. The SMILES string of the molecule is CC(CN)N(C)CCc1cc(Br)ccc1F. The van der Waals surface area contributed by atoms with Gasteiger partial charge in [0, 0.05) is 23.6 Å². The average molecular weight is 289 g/mol. The van der Waals surface area contributed by atoms with Gasteiger partial charge in [-0.2, -0.15) is 0 Å². The molecule has 1 atom stereocenters. The zero-order valence-corrected chi connectivity index (χ0v) is 11.3. The van der Waals surface area contributed by atoms with Gasteiger partial charge in [-0.1, -0.05) is 15.9 Å². The summed E-state index contributed by atoms with van der Waals surface area (Å²) in [6.07, 6.45) is 0.701. The van der Waals surface area contributed by atoms with Gasteiger partial charge in [0.25, 0.3) is 0 Å². The Labute approximate surface area is 105 Å². The van der Waals surface area contributed by atoms with E-state index in [1.807, 2.05) is 13.1 Å². The molecule has 0 fully saturated rings. The normalized spacial score (nSPS) is 13.1. The maximum atomic E-state index is 13.4. The molecule has 0 spiro atoms. The molecule has 0 radical (unpaired) electrons. The van der Waals surface area contributed by atoms with Crippen LogP contribution < -0.4 is 5.73 Å². The van der Waals surface area contributed by atoms with Crippen LogP contribution in [0.2, 0.25) is 0 Å². The van der Waals surface area contributed by atoms with E-state index in [1.165, 1.54) is 6.07 Å². The van der Waals surface area contributed by atoms with Crippen molar-refractivity contribution in [2.75, 3.05) is 20.1 Å². The van der Waals surface area contributed by atoms with Crippen molar-refractivity contribution < 1.29 is 4.39 Å². The summed E-state index contributed by atoms with van der Waals surface area (Å²) in [7, 11) is 2.01. The van der Waals surface area contributed by atoms with Gasteiger partial charge < -0.3 is 10.6 Å². The zero-order chi connectivity index (χ0) is 12.1. The minimum absolute atomic E-state index is 0.142. The quantitative estimate of drug-likeness (QED) is 0.902. The first-order valence-electron chi connectivity index (χ1n) is 5.39. The molecule has 0 saturated heterocycles. The Hall–Kier alpha value is -0.450. The van der Waals surface area contributed by atoms with E-state index in [-0.39, 0.29) is 5.82 Å². The van der Waals surface area contributed by atoms with Crippen molar-refractivity contribution in [2.24, 2.45) is 5.73 Å². The Bertz CT molecular complexity index is 344. The summed E-state index contributed by atoms with van der Waals surface area (Å²) in [6.45, 7) is 3.50. The van der Waals surface area contributed by atoms with E-state index in [0.717, 1.165) is 16.6 Å². The highest BCUT2D eigenvalue weighted by Gasteiger charge is 2.08. The van der Waals surface area contributed by atoms with Gasteiger partial charge in [-0.15, -0.1) is 0 Å². The van der Waals surface area contributed by atoms with Crippen molar-refractivity contribution in [2.45, 2.75) is 19.4 Å². The summed E-state index contributed by atoms with van der Waals surface area (Å²) in [5.41, 5.74) is 6.31. The molecule has 0 amide bonds. The van der Waals surface area contributed by atoms with Gasteiger partial charge in [-0.05, 0) is 44.2 Å². The number of rotatable bonds is 5. The number of nitrogens with zero attached hydrogens (tertiary/aromatic N) is 1. The van der Waals surface area contributed by atoms with Crippen LogP contribution in [0.3, 0.4) is 0 Å². The highest BCUT2D eigenvalue weighted by Crippen LogP contribution is 2.16. The first kappa shape index (κ1) is 13.6. The molecule has 0 aromatic heterocycles. The Morgan fingerprint density at radius 2 is 2.19 bits per heavy atom. The van der Waals surface area contributed by atoms with Crippen molar-refractivity contribution >= 4 is 15.9 Å². The smallest absolute Gasteiger partial charge is 0.126 e. The van der Waals surface area contributed by atoms with E-state index in [4.69, 9.17) is 5.73 Å². The van der Waals surface area contributed by atoms with Crippen molar-refractivity contribution in [3.05, 3.63) is 34.1 Å². The Kier molecular flexibility index (Phi) is 5.38. The summed E-state index contributed by atoms with van der Waals surface area (Å²) in [5, 5.41) is 0. The number of halogens is 2. The van der Waals surface area contributed by atoms with E-state index in [0.29, 0.717) is 19.0 Å². The summed E-state index contributed by atoms with van der Waals surface area (Å²) >= 11 is 3.35. The molecule has 1 rings (SSSR count). The van der Waals surface area contributed by atoms with Crippen LogP contribution in [-0.4, -0.2) is 31.1 Å². The zero-order valence-electron chi connectivity index (χ0n) is 9.71. The average Bonchev–Trinajstić information content (AvgIpc) is 2.28. The molecule has 1 unspecified atom stereocenters. The fourth-order valence-corrected chi connectivity index (χ4v) is 1.84. The van der Waals surface area contributed by atoms with E-state index in [2.05, 4.69) is 27.8 Å². The Morgan fingerprint density at radius 1 is 1.50 bits per heavy atom. The van der Waals surface area contributed by atoms with E-state index < -0.39 is 0 Å². The lowest BCUT2D eigenvalue weighted by atomic mass is 10.1. The van der Waals surface area contributed by atoms with Crippen molar-refractivity contribution in [1.82, 2.24) is 4.90 Å². The lowest BCUT2D eigenvalue weighted by Crippen LogP contribution is -2.36.